The van der Waals surface area contributed by atoms with Crippen molar-refractivity contribution in [1.82, 2.24) is 10.0 Å². The summed E-state index contributed by atoms with van der Waals surface area (Å²) < 4.78 is 34.3. The van der Waals surface area contributed by atoms with Crippen molar-refractivity contribution in [2.75, 3.05) is 0 Å². The van der Waals surface area contributed by atoms with Gasteiger partial charge >= 0.3 is 0 Å². The number of sulfonamides is 1. The van der Waals surface area contributed by atoms with Crippen molar-refractivity contribution >= 4 is 15.9 Å². The molecule has 1 atom stereocenters. The monoisotopic (exact) mass is 426 g/mol. The summed E-state index contributed by atoms with van der Waals surface area (Å²) in [4.78, 5) is 13.1. The van der Waals surface area contributed by atoms with E-state index in [2.05, 4.69) is 10.0 Å². The van der Waals surface area contributed by atoms with Gasteiger partial charge in [0.2, 0.25) is 15.9 Å². The number of benzene rings is 2. The summed E-state index contributed by atoms with van der Waals surface area (Å²) in [6, 6.07) is 15.5. The first-order valence-corrected chi connectivity index (χ1v) is 11.2. The Morgan fingerprint density at radius 1 is 1.00 bits per heavy atom. The summed E-state index contributed by atoms with van der Waals surface area (Å²) in [5, 5.41) is 2.76. The molecule has 3 rings (SSSR count). The Morgan fingerprint density at radius 2 is 1.67 bits per heavy atom. The number of hydrogen-bond donors (Lipinski definition) is 2. The van der Waals surface area contributed by atoms with Crippen LogP contribution in [0.15, 0.2) is 70.2 Å². The van der Waals surface area contributed by atoms with E-state index < -0.39 is 22.0 Å². The van der Waals surface area contributed by atoms with E-state index in [1.807, 2.05) is 49.4 Å². The standard InChI is InChI=1S/C23H26N2O4S/c1-16-12-17(2)22(18(3)13-16)30(27,28)25-21(14-19-8-5-4-6-9-19)23(26)24-15-20-10-7-11-29-20/h4-13,21,25H,14-15H2,1-3H3,(H,24,26)/t21-/m1/s1. The summed E-state index contributed by atoms with van der Waals surface area (Å²) >= 11 is 0. The van der Waals surface area contributed by atoms with Crippen molar-refractivity contribution < 1.29 is 17.6 Å². The smallest absolute Gasteiger partial charge is 0.241 e. The molecule has 0 radical (unpaired) electrons. The average molecular weight is 427 g/mol. The minimum Gasteiger partial charge on any atom is -0.467 e. The van der Waals surface area contributed by atoms with E-state index in [1.54, 1.807) is 26.0 Å². The molecule has 0 aliphatic rings. The molecule has 0 bridgehead atoms. The molecule has 158 valence electrons. The van der Waals surface area contributed by atoms with E-state index in [1.165, 1.54) is 6.26 Å². The van der Waals surface area contributed by atoms with Crippen LogP contribution in [0.2, 0.25) is 0 Å². The maximum absolute atomic E-state index is 13.2. The van der Waals surface area contributed by atoms with Crippen LogP contribution in [0.5, 0.6) is 0 Å². The number of carbonyl (C=O) groups excluding carboxylic acids is 1. The van der Waals surface area contributed by atoms with Gasteiger partial charge in [-0.3, -0.25) is 4.79 Å². The molecule has 0 unspecified atom stereocenters. The molecule has 2 N–H and O–H groups in total. The normalized spacial score (nSPS) is 12.5. The van der Waals surface area contributed by atoms with Crippen LogP contribution in [0, 0.1) is 20.8 Å². The molecule has 0 spiro atoms. The fourth-order valence-electron chi connectivity index (χ4n) is 3.59. The summed E-state index contributed by atoms with van der Waals surface area (Å²) in [5.74, 6) is 0.177. The lowest BCUT2D eigenvalue weighted by atomic mass is 10.1. The first-order chi connectivity index (χ1) is 14.3. The average Bonchev–Trinajstić information content (AvgIpc) is 3.18. The second-order valence-corrected chi connectivity index (χ2v) is 9.04. The van der Waals surface area contributed by atoms with E-state index in [0.29, 0.717) is 16.9 Å². The third-order valence-electron chi connectivity index (χ3n) is 4.79. The highest BCUT2D eigenvalue weighted by Gasteiger charge is 2.28. The van der Waals surface area contributed by atoms with Gasteiger partial charge in [-0.1, -0.05) is 48.0 Å². The molecule has 0 fully saturated rings. The fraction of sp³-hybridized carbons (Fsp3) is 0.261. The van der Waals surface area contributed by atoms with Gasteiger partial charge in [0, 0.05) is 0 Å². The third kappa shape index (κ3) is 5.37. The predicted molar refractivity (Wildman–Crippen MR) is 115 cm³/mol. The van der Waals surface area contributed by atoms with Crippen molar-refractivity contribution in [2.45, 2.75) is 44.7 Å². The molecule has 2 aromatic carbocycles. The van der Waals surface area contributed by atoms with Gasteiger partial charge < -0.3 is 9.73 Å². The largest absolute Gasteiger partial charge is 0.467 e. The Bertz CT molecular complexity index is 1080. The molecule has 7 heteroatoms. The summed E-state index contributed by atoms with van der Waals surface area (Å²) in [6.07, 6.45) is 1.75. The fourth-order valence-corrected chi connectivity index (χ4v) is 5.23. The molecule has 0 saturated heterocycles. The SMILES string of the molecule is Cc1cc(C)c(S(=O)(=O)N[C@H](Cc2ccccc2)C(=O)NCc2ccco2)c(C)c1. The van der Waals surface area contributed by atoms with Crippen molar-refractivity contribution in [2.24, 2.45) is 0 Å². The lowest BCUT2D eigenvalue weighted by Gasteiger charge is -2.20. The van der Waals surface area contributed by atoms with E-state index in [-0.39, 0.29) is 17.9 Å². The number of amides is 1. The Morgan fingerprint density at radius 3 is 2.27 bits per heavy atom. The highest BCUT2D eigenvalue weighted by Crippen LogP contribution is 2.22. The molecular formula is C23H26N2O4S. The van der Waals surface area contributed by atoms with Gasteiger partial charge in [-0.2, -0.15) is 4.72 Å². The second-order valence-electron chi connectivity index (χ2n) is 7.39. The maximum atomic E-state index is 13.2. The first-order valence-electron chi connectivity index (χ1n) is 9.70. The Labute approximate surface area is 177 Å². The Kier molecular flexibility index (Phi) is 6.74. The van der Waals surface area contributed by atoms with Crippen LogP contribution >= 0.6 is 0 Å². The minimum atomic E-state index is -3.91. The second kappa shape index (κ2) is 9.28. The Balaban J connectivity index is 1.86. The van der Waals surface area contributed by atoms with E-state index in [0.717, 1.165) is 11.1 Å². The molecule has 0 aliphatic carbocycles. The lowest BCUT2D eigenvalue weighted by Crippen LogP contribution is -2.48. The van der Waals surface area contributed by atoms with Crippen LogP contribution in [-0.4, -0.2) is 20.4 Å². The molecule has 0 saturated carbocycles. The zero-order chi connectivity index (χ0) is 21.7. The van der Waals surface area contributed by atoms with Crippen molar-refractivity contribution in [3.63, 3.8) is 0 Å². The van der Waals surface area contributed by atoms with Gasteiger partial charge in [0.05, 0.1) is 17.7 Å². The maximum Gasteiger partial charge on any atom is 0.241 e. The van der Waals surface area contributed by atoms with Crippen LogP contribution in [0.3, 0.4) is 0 Å². The van der Waals surface area contributed by atoms with Gasteiger partial charge in [0.1, 0.15) is 11.8 Å². The number of rotatable bonds is 8. The summed E-state index contributed by atoms with van der Waals surface area (Å²) in [5.41, 5.74) is 3.14. The number of hydrogen-bond acceptors (Lipinski definition) is 4. The van der Waals surface area contributed by atoms with Crippen molar-refractivity contribution in [3.05, 3.63) is 88.9 Å². The molecule has 1 heterocycles. The molecule has 1 amide bonds. The van der Waals surface area contributed by atoms with Crippen LogP contribution in [-0.2, 0) is 27.8 Å². The van der Waals surface area contributed by atoms with Gasteiger partial charge in [-0.25, -0.2) is 8.42 Å². The highest BCUT2D eigenvalue weighted by molar-refractivity contribution is 7.89. The van der Waals surface area contributed by atoms with Crippen LogP contribution in [0.1, 0.15) is 28.0 Å². The zero-order valence-electron chi connectivity index (χ0n) is 17.3. The molecule has 0 aliphatic heterocycles. The number of furan rings is 1. The molecule has 1 aromatic heterocycles. The van der Waals surface area contributed by atoms with Crippen LogP contribution in [0.25, 0.3) is 0 Å². The topological polar surface area (TPSA) is 88.4 Å². The van der Waals surface area contributed by atoms with Gasteiger partial charge in [-0.15, -0.1) is 0 Å². The molecular weight excluding hydrogens is 400 g/mol. The lowest BCUT2D eigenvalue weighted by molar-refractivity contribution is -0.122. The zero-order valence-corrected chi connectivity index (χ0v) is 18.1. The third-order valence-corrected chi connectivity index (χ3v) is 6.56. The summed E-state index contributed by atoms with van der Waals surface area (Å²) in [6.45, 7) is 5.63. The summed E-state index contributed by atoms with van der Waals surface area (Å²) in [7, 11) is -3.91. The quantitative estimate of drug-likeness (QED) is 0.578. The number of carbonyl (C=O) groups is 1. The number of aryl methyl sites for hydroxylation is 3. The first kappa shape index (κ1) is 21.8. The van der Waals surface area contributed by atoms with Gasteiger partial charge in [-0.05, 0) is 56.0 Å². The Hall–Kier alpha value is -2.90. The number of nitrogens with one attached hydrogen (secondary N) is 2. The highest BCUT2D eigenvalue weighted by atomic mass is 32.2. The predicted octanol–water partition coefficient (Wildman–Crippen LogP) is 3.41. The van der Waals surface area contributed by atoms with Crippen LogP contribution < -0.4 is 10.0 Å². The van der Waals surface area contributed by atoms with Gasteiger partial charge in [0.25, 0.3) is 0 Å². The van der Waals surface area contributed by atoms with Crippen molar-refractivity contribution in [1.29, 1.82) is 0 Å². The molecule has 3 aromatic rings. The molecule has 30 heavy (non-hydrogen) atoms. The van der Waals surface area contributed by atoms with Gasteiger partial charge in [0.15, 0.2) is 0 Å². The van der Waals surface area contributed by atoms with E-state index in [4.69, 9.17) is 4.42 Å². The molecule has 6 nitrogen and oxygen atoms in total. The van der Waals surface area contributed by atoms with Crippen molar-refractivity contribution in [3.8, 4) is 0 Å². The minimum absolute atomic E-state index is 0.182. The van der Waals surface area contributed by atoms with E-state index >= 15 is 0 Å². The van der Waals surface area contributed by atoms with E-state index in [9.17, 15) is 13.2 Å². The van der Waals surface area contributed by atoms with Crippen LogP contribution in [0.4, 0.5) is 0 Å².